The summed E-state index contributed by atoms with van der Waals surface area (Å²) in [6, 6.07) is 4.09. The molecule has 2 aromatic rings. The summed E-state index contributed by atoms with van der Waals surface area (Å²) in [6.45, 7) is 3.32. The molecular weight excluding hydrogens is 326 g/mol. The number of hydrogen-bond donors (Lipinski definition) is 2. The Morgan fingerprint density at radius 2 is 2.19 bits per heavy atom. The van der Waals surface area contributed by atoms with Crippen LogP contribution in [0, 0.1) is 5.92 Å². The molecule has 2 N–H and O–H groups in total. The molecule has 1 aliphatic heterocycles. The Hall–Kier alpha value is -1.95. The molecule has 0 spiro atoms. The van der Waals surface area contributed by atoms with Crippen molar-refractivity contribution in [2.75, 3.05) is 19.6 Å². The third-order valence-electron chi connectivity index (χ3n) is 5.88. The van der Waals surface area contributed by atoms with Gasteiger partial charge in [0.1, 0.15) is 0 Å². The van der Waals surface area contributed by atoms with Crippen molar-refractivity contribution in [3.63, 3.8) is 0 Å². The van der Waals surface area contributed by atoms with Crippen LogP contribution in [0.2, 0.25) is 0 Å². The van der Waals surface area contributed by atoms with Gasteiger partial charge in [0.2, 0.25) is 5.91 Å². The first-order valence-corrected chi connectivity index (χ1v) is 10.1. The molecule has 6 nitrogen and oxygen atoms in total. The van der Waals surface area contributed by atoms with Gasteiger partial charge < -0.3 is 10.6 Å². The molecule has 1 aliphatic carbocycles. The number of rotatable bonds is 7. The zero-order valence-corrected chi connectivity index (χ0v) is 15.4. The van der Waals surface area contributed by atoms with Crippen LogP contribution in [0.5, 0.6) is 0 Å². The maximum atomic E-state index is 12.1. The summed E-state index contributed by atoms with van der Waals surface area (Å²) < 4.78 is 1.96. The third kappa shape index (κ3) is 3.90. The fourth-order valence-corrected chi connectivity index (χ4v) is 4.40. The summed E-state index contributed by atoms with van der Waals surface area (Å²) in [5, 5.41) is 12.5. The monoisotopic (exact) mass is 355 g/mol. The van der Waals surface area contributed by atoms with Crippen LogP contribution in [0.3, 0.4) is 0 Å². The van der Waals surface area contributed by atoms with Gasteiger partial charge >= 0.3 is 0 Å². The lowest BCUT2D eigenvalue weighted by atomic mass is 10.0. The Morgan fingerprint density at radius 3 is 3.00 bits per heavy atom. The molecule has 0 aromatic carbocycles. The quantitative estimate of drug-likeness (QED) is 0.801. The number of aromatic nitrogens is 3. The number of carbonyl (C=O) groups excluding carboxylic acids is 1. The number of hydrogen-bond acceptors (Lipinski definition) is 4. The van der Waals surface area contributed by atoms with Crippen LogP contribution < -0.4 is 10.6 Å². The van der Waals surface area contributed by atoms with E-state index in [-0.39, 0.29) is 5.91 Å². The smallest absolute Gasteiger partial charge is 0.220 e. The van der Waals surface area contributed by atoms with E-state index in [4.69, 9.17) is 5.10 Å². The summed E-state index contributed by atoms with van der Waals surface area (Å²) >= 11 is 0. The molecule has 3 heterocycles. The van der Waals surface area contributed by atoms with E-state index < -0.39 is 0 Å². The van der Waals surface area contributed by atoms with Crippen LogP contribution >= 0.6 is 0 Å². The topological polar surface area (TPSA) is 71.8 Å². The lowest BCUT2D eigenvalue weighted by molar-refractivity contribution is -0.121. The van der Waals surface area contributed by atoms with Gasteiger partial charge in [-0.15, -0.1) is 0 Å². The molecule has 0 radical (unpaired) electrons. The Morgan fingerprint density at radius 1 is 1.31 bits per heavy atom. The highest BCUT2D eigenvalue weighted by Crippen LogP contribution is 2.29. The first-order valence-electron chi connectivity index (χ1n) is 10.1. The third-order valence-corrected chi connectivity index (χ3v) is 5.88. The molecule has 2 aromatic heterocycles. The van der Waals surface area contributed by atoms with Crippen LogP contribution in [0.25, 0.3) is 11.0 Å². The summed E-state index contributed by atoms with van der Waals surface area (Å²) in [5.41, 5.74) is 2.07. The zero-order chi connectivity index (χ0) is 17.8. The Bertz CT molecular complexity index is 744. The molecule has 1 atom stereocenters. The number of amides is 1. The lowest BCUT2D eigenvalue weighted by Gasteiger charge is -2.09. The standard InChI is InChI=1S/C20H29N5O/c26-18(8-7-15-4-1-2-5-15)22-12-13-25-20-17(6-3-10-23-20)19(24-25)16-9-11-21-14-16/h3,6,10,15-16,21H,1-2,4-5,7-9,11-14H2,(H,22,26)/t16-/m0/s1. The SMILES string of the molecule is O=C(CCC1CCCC1)NCCn1nc([C@H]2CCNC2)c2cccnc21. The first kappa shape index (κ1) is 17.5. The minimum Gasteiger partial charge on any atom is -0.354 e. The number of nitrogens with one attached hydrogen (secondary N) is 2. The van der Waals surface area contributed by atoms with Crippen molar-refractivity contribution in [1.82, 2.24) is 25.4 Å². The van der Waals surface area contributed by atoms with Crippen molar-refractivity contribution < 1.29 is 4.79 Å². The van der Waals surface area contributed by atoms with E-state index in [0.29, 0.717) is 25.4 Å². The Kier molecular flexibility index (Phi) is 5.48. The van der Waals surface area contributed by atoms with Gasteiger partial charge in [-0.1, -0.05) is 25.7 Å². The van der Waals surface area contributed by atoms with Gasteiger partial charge in [0.15, 0.2) is 5.65 Å². The minimum atomic E-state index is 0.168. The highest BCUT2D eigenvalue weighted by molar-refractivity contribution is 5.79. The van der Waals surface area contributed by atoms with Crippen LogP contribution in [-0.2, 0) is 11.3 Å². The van der Waals surface area contributed by atoms with Crippen molar-refractivity contribution >= 4 is 16.9 Å². The summed E-state index contributed by atoms with van der Waals surface area (Å²) in [5.74, 6) is 1.40. The van der Waals surface area contributed by atoms with Crippen molar-refractivity contribution in [3.8, 4) is 0 Å². The van der Waals surface area contributed by atoms with E-state index in [0.717, 1.165) is 48.6 Å². The summed E-state index contributed by atoms with van der Waals surface area (Å²) in [6.07, 6.45) is 9.91. The maximum absolute atomic E-state index is 12.1. The van der Waals surface area contributed by atoms with E-state index >= 15 is 0 Å². The fourth-order valence-electron chi connectivity index (χ4n) is 4.40. The predicted octanol–water partition coefficient (Wildman–Crippen LogP) is 2.59. The molecule has 140 valence electrons. The van der Waals surface area contributed by atoms with Gasteiger partial charge in [-0.3, -0.25) is 4.79 Å². The molecule has 0 bridgehead atoms. The van der Waals surface area contributed by atoms with Gasteiger partial charge in [0.05, 0.1) is 12.2 Å². The molecular formula is C20H29N5O. The zero-order valence-electron chi connectivity index (χ0n) is 15.4. The van der Waals surface area contributed by atoms with Crippen LogP contribution in [0.15, 0.2) is 18.3 Å². The average molecular weight is 355 g/mol. The Labute approximate surface area is 154 Å². The van der Waals surface area contributed by atoms with Gasteiger partial charge in [0.25, 0.3) is 0 Å². The first-order chi connectivity index (χ1) is 12.8. The summed E-state index contributed by atoms with van der Waals surface area (Å²) in [4.78, 5) is 16.6. The summed E-state index contributed by atoms with van der Waals surface area (Å²) in [7, 11) is 0. The van der Waals surface area contributed by atoms with Crippen LogP contribution in [0.1, 0.15) is 56.6 Å². The fraction of sp³-hybridized carbons (Fsp3) is 0.650. The highest BCUT2D eigenvalue weighted by Gasteiger charge is 2.23. The number of pyridine rings is 1. The van der Waals surface area contributed by atoms with E-state index in [2.05, 4.69) is 21.7 Å². The van der Waals surface area contributed by atoms with E-state index in [1.165, 1.54) is 25.7 Å². The Balaban J connectivity index is 1.34. The number of nitrogens with zero attached hydrogens (tertiary/aromatic N) is 3. The van der Waals surface area contributed by atoms with Gasteiger partial charge in [-0.05, 0) is 37.4 Å². The normalized spacial score (nSPS) is 20.8. The van der Waals surface area contributed by atoms with Crippen LogP contribution in [-0.4, -0.2) is 40.3 Å². The van der Waals surface area contributed by atoms with Gasteiger partial charge in [0, 0.05) is 37.0 Å². The molecule has 6 heteroatoms. The largest absolute Gasteiger partial charge is 0.354 e. The molecule has 0 unspecified atom stereocenters. The molecule has 4 rings (SSSR count). The van der Waals surface area contributed by atoms with Crippen LogP contribution in [0.4, 0.5) is 0 Å². The lowest BCUT2D eigenvalue weighted by Crippen LogP contribution is -2.27. The number of carbonyl (C=O) groups is 1. The number of fused-ring (bicyclic) bond motifs is 1. The molecule has 1 saturated heterocycles. The molecule has 2 fully saturated rings. The van der Waals surface area contributed by atoms with Gasteiger partial charge in [-0.25, -0.2) is 9.67 Å². The van der Waals surface area contributed by atoms with Crippen molar-refractivity contribution in [3.05, 3.63) is 24.0 Å². The molecule has 1 amide bonds. The van der Waals surface area contributed by atoms with Crippen molar-refractivity contribution in [2.45, 2.75) is 57.4 Å². The second-order valence-electron chi connectivity index (χ2n) is 7.71. The molecule has 26 heavy (non-hydrogen) atoms. The molecule has 2 aliphatic rings. The predicted molar refractivity (Wildman–Crippen MR) is 102 cm³/mol. The second-order valence-corrected chi connectivity index (χ2v) is 7.71. The van der Waals surface area contributed by atoms with E-state index in [1.807, 2.05) is 16.9 Å². The molecule has 1 saturated carbocycles. The average Bonchev–Trinajstić information content (AvgIpc) is 3.41. The maximum Gasteiger partial charge on any atom is 0.220 e. The van der Waals surface area contributed by atoms with E-state index in [9.17, 15) is 4.79 Å². The van der Waals surface area contributed by atoms with E-state index in [1.54, 1.807) is 0 Å². The second kappa shape index (κ2) is 8.16. The van der Waals surface area contributed by atoms with Crippen molar-refractivity contribution in [2.24, 2.45) is 5.92 Å². The van der Waals surface area contributed by atoms with Gasteiger partial charge in [-0.2, -0.15) is 5.10 Å². The van der Waals surface area contributed by atoms with Crippen molar-refractivity contribution in [1.29, 1.82) is 0 Å². The minimum absolute atomic E-state index is 0.168. The highest BCUT2D eigenvalue weighted by atomic mass is 16.1.